The fourth-order valence-electron chi connectivity index (χ4n) is 2.79. The highest BCUT2D eigenvalue weighted by molar-refractivity contribution is 5.79. The van der Waals surface area contributed by atoms with Gasteiger partial charge in [0.2, 0.25) is 0 Å². The second kappa shape index (κ2) is 6.70. The summed E-state index contributed by atoms with van der Waals surface area (Å²) in [6, 6.07) is 3.98. The summed E-state index contributed by atoms with van der Waals surface area (Å²) in [5, 5.41) is 0. The Morgan fingerprint density at radius 3 is 2.88 bits per heavy atom. The largest absolute Gasteiger partial charge is 0.466 e. The van der Waals surface area contributed by atoms with Gasteiger partial charge < -0.3 is 9.72 Å². The van der Waals surface area contributed by atoms with Gasteiger partial charge in [0.1, 0.15) is 11.3 Å². The van der Waals surface area contributed by atoms with E-state index in [1.165, 1.54) is 24.4 Å². The van der Waals surface area contributed by atoms with Crippen molar-refractivity contribution in [3.8, 4) is 0 Å². The number of fused-ring (bicyclic) bond motifs is 3. The molecule has 0 fully saturated rings. The second-order valence-corrected chi connectivity index (χ2v) is 5.71. The summed E-state index contributed by atoms with van der Waals surface area (Å²) in [5.41, 5.74) is 0.311. The van der Waals surface area contributed by atoms with Gasteiger partial charge in [-0.3, -0.25) is 14.0 Å². The average Bonchev–Trinajstić information content (AvgIpc) is 3.05. The van der Waals surface area contributed by atoms with Crippen LogP contribution in [0.25, 0.3) is 16.6 Å². The van der Waals surface area contributed by atoms with Crippen LogP contribution >= 0.6 is 0 Å². The Balaban J connectivity index is 2.12. The Morgan fingerprint density at radius 1 is 1.42 bits per heavy atom. The molecule has 0 saturated carbocycles. The molecule has 0 aliphatic rings. The number of nitrogens with zero attached hydrogens (tertiary/aromatic N) is 2. The Morgan fingerprint density at radius 2 is 2.19 bits per heavy atom. The Hall–Kier alpha value is -3.03. The molecule has 6 nitrogen and oxygen atoms in total. The van der Waals surface area contributed by atoms with Crippen molar-refractivity contribution in [3.63, 3.8) is 0 Å². The zero-order valence-electron chi connectivity index (χ0n) is 14.1. The Kier molecular flexibility index (Phi) is 4.58. The molecule has 0 spiro atoms. The van der Waals surface area contributed by atoms with Gasteiger partial charge in [-0.25, -0.2) is 4.98 Å². The van der Waals surface area contributed by atoms with Crippen LogP contribution < -0.4 is 5.56 Å². The monoisotopic (exact) mass is 361 g/mol. The third-order valence-corrected chi connectivity index (χ3v) is 4.05. The van der Waals surface area contributed by atoms with Crippen molar-refractivity contribution in [3.05, 3.63) is 58.8 Å². The molecule has 26 heavy (non-hydrogen) atoms. The summed E-state index contributed by atoms with van der Waals surface area (Å²) < 4.78 is 34.2. The minimum absolute atomic E-state index is 0.105. The van der Waals surface area contributed by atoms with E-state index in [0.29, 0.717) is 17.4 Å². The average molecular weight is 361 g/mol. The highest BCUT2D eigenvalue weighted by atomic mass is 19.3. The van der Waals surface area contributed by atoms with Crippen molar-refractivity contribution in [2.75, 3.05) is 6.61 Å². The third-order valence-electron chi connectivity index (χ3n) is 4.05. The number of allylic oxidation sites excluding steroid dienone is 1. The lowest BCUT2D eigenvalue weighted by atomic mass is 10.1. The first kappa shape index (κ1) is 17.8. The van der Waals surface area contributed by atoms with E-state index in [-0.39, 0.29) is 42.0 Å². The number of nitrogens with one attached hydrogen (secondary N) is 1. The molecule has 0 radical (unpaired) electrons. The predicted octanol–water partition coefficient (Wildman–Crippen LogP) is 2.95. The van der Waals surface area contributed by atoms with Gasteiger partial charge in [-0.05, 0) is 25.1 Å². The molecule has 3 aromatic rings. The fourth-order valence-corrected chi connectivity index (χ4v) is 2.79. The summed E-state index contributed by atoms with van der Waals surface area (Å²) in [5.74, 6) is -3.10. The molecule has 8 heteroatoms. The standard InChI is InChI=1S/C18H17F2N3O3/c1-3-18(19,20)11-5-6-13-12(9-11)22-17(25)14-10-21-15(23(13)14)7-8-16(24)26-4-2/h3,5-6,9-10H,1,4,7-8H2,2H3,(H,22,25). The van der Waals surface area contributed by atoms with Crippen molar-refractivity contribution in [1.82, 2.24) is 14.4 Å². The van der Waals surface area contributed by atoms with Crippen LogP contribution in [0.5, 0.6) is 0 Å². The third kappa shape index (κ3) is 3.10. The normalized spacial score (nSPS) is 11.8. The molecule has 0 aliphatic heterocycles. The van der Waals surface area contributed by atoms with Crippen molar-refractivity contribution in [1.29, 1.82) is 0 Å². The molecular formula is C18H17F2N3O3. The predicted molar refractivity (Wildman–Crippen MR) is 92.4 cm³/mol. The lowest BCUT2D eigenvalue weighted by molar-refractivity contribution is -0.143. The number of esters is 1. The van der Waals surface area contributed by atoms with Crippen molar-refractivity contribution >= 4 is 22.5 Å². The van der Waals surface area contributed by atoms with Crippen LogP contribution in [-0.2, 0) is 21.9 Å². The maximum atomic E-state index is 13.8. The topological polar surface area (TPSA) is 76.5 Å². The van der Waals surface area contributed by atoms with Gasteiger partial charge in [0.05, 0.1) is 30.3 Å². The maximum absolute atomic E-state index is 13.8. The molecule has 0 aliphatic carbocycles. The number of benzene rings is 1. The SMILES string of the molecule is C=CC(F)(F)c1ccc2c(c1)[nH]c(=O)c1cnc(CCC(=O)OCC)n12. The molecular weight excluding hydrogens is 344 g/mol. The van der Waals surface area contributed by atoms with E-state index in [1.807, 2.05) is 0 Å². The van der Waals surface area contributed by atoms with E-state index in [4.69, 9.17) is 4.74 Å². The van der Waals surface area contributed by atoms with Crippen molar-refractivity contribution in [2.24, 2.45) is 0 Å². The number of carbonyl (C=O) groups is 1. The number of aromatic nitrogens is 3. The van der Waals surface area contributed by atoms with Crippen LogP contribution in [0.3, 0.4) is 0 Å². The zero-order valence-corrected chi connectivity index (χ0v) is 14.1. The van der Waals surface area contributed by atoms with E-state index in [1.54, 1.807) is 11.3 Å². The molecule has 136 valence electrons. The number of H-pyrrole nitrogens is 1. The van der Waals surface area contributed by atoms with Crippen LogP contribution in [0.2, 0.25) is 0 Å². The van der Waals surface area contributed by atoms with E-state index < -0.39 is 11.5 Å². The van der Waals surface area contributed by atoms with Crippen LogP contribution in [-0.4, -0.2) is 26.9 Å². The number of carbonyl (C=O) groups excluding carboxylic acids is 1. The van der Waals surface area contributed by atoms with E-state index in [2.05, 4.69) is 16.5 Å². The van der Waals surface area contributed by atoms with E-state index in [9.17, 15) is 18.4 Å². The van der Waals surface area contributed by atoms with Gasteiger partial charge in [-0.2, -0.15) is 8.78 Å². The van der Waals surface area contributed by atoms with Gasteiger partial charge in [-0.1, -0.05) is 12.6 Å². The first-order valence-electron chi connectivity index (χ1n) is 8.07. The van der Waals surface area contributed by atoms with Crippen molar-refractivity contribution < 1.29 is 18.3 Å². The maximum Gasteiger partial charge on any atom is 0.306 e. The fraction of sp³-hybridized carbons (Fsp3) is 0.278. The van der Waals surface area contributed by atoms with E-state index in [0.717, 1.165) is 0 Å². The quantitative estimate of drug-likeness (QED) is 0.541. The van der Waals surface area contributed by atoms with Crippen LogP contribution in [0.4, 0.5) is 8.78 Å². The highest BCUT2D eigenvalue weighted by Crippen LogP contribution is 2.30. The molecule has 1 N–H and O–H groups in total. The minimum Gasteiger partial charge on any atom is -0.466 e. The number of halogens is 2. The molecule has 0 atom stereocenters. The molecule has 2 aromatic heterocycles. The van der Waals surface area contributed by atoms with Gasteiger partial charge in [0, 0.05) is 12.0 Å². The molecule has 3 rings (SSSR count). The van der Waals surface area contributed by atoms with Gasteiger partial charge in [-0.15, -0.1) is 0 Å². The Labute approximate surface area is 147 Å². The summed E-state index contributed by atoms with van der Waals surface area (Å²) in [4.78, 5) is 30.6. The number of ether oxygens (including phenoxy) is 1. The zero-order chi connectivity index (χ0) is 18.9. The lowest BCUT2D eigenvalue weighted by Gasteiger charge is -2.13. The number of hydrogen-bond acceptors (Lipinski definition) is 4. The molecule has 2 heterocycles. The molecule has 1 aromatic carbocycles. The van der Waals surface area contributed by atoms with Crippen LogP contribution in [0.15, 0.2) is 41.8 Å². The molecule has 0 amide bonds. The summed E-state index contributed by atoms with van der Waals surface area (Å²) in [6.07, 6.45) is 2.31. The number of alkyl halides is 2. The molecule has 0 bridgehead atoms. The lowest BCUT2D eigenvalue weighted by Crippen LogP contribution is -2.14. The summed E-state index contributed by atoms with van der Waals surface area (Å²) in [7, 11) is 0. The number of aromatic amines is 1. The Bertz CT molecular complexity index is 1050. The van der Waals surface area contributed by atoms with Crippen LogP contribution in [0.1, 0.15) is 24.7 Å². The highest BCUT2D eigenvalue weighted by Gasteiger charge is 2.27. The second-order valence-electron chi connectivity index (χ2n) is 5.71. The first-order valence-corrected chi connectivity index (χ1v) is 8.07. The summed E-state index contributed by atoms with van der Waals surface area (Å²) >= 11 is 0. The molecule has 0 saturated heterocycles. The number of hydrogen-bond donors (Lipinski definition) is 1. The van der Waals surface area contributed by atoms with Gasteiger partial charge in [0.25, 0.3) is 11.5 Å². The van der Waals surface area contributed by atoms with Crippen molar-refractivity contribution in [2.45, 2.75) is 25.7 Å². The smallest absolute Gasteiger partial charge is 0.306 e. The number of imidazole rings is 1. The minimum atomic E-state index is -3.21. The first-order chi connectivity index (χ1) is 12.4. The van der Waals surface area contributed by atoms with Gasteiger partial charge >= 0.3 is 5.97 Å². The van der Waals surface area contributed by atoms with E-state index >= 15 is 0 Å². The molecule has 0 unspecified atom stereocenters. The van der Waals surface area contributed by atoms with Crippen LogP contribution in [0, 0.1) is 0 Å². The number of aryl methyl sites for hydroxylation is 1. The van der Waals surface area contributed by atoms with Gasteiger partial charge in [0.15, 0.2) is 0 Å². The summed E-state index contributed by atoms with van der Waals surface area (Å²) in [6.45, 7) is 5.13. The number of rotatable bonds is 6.